The van der Waals surface area contributed by atoms with Crippen molar-refractivity contribution >= 4 is 50.4 Å². The van der Waals surface area contributed by atoms with Crippen molar-refractivity contribution in [3.63, 3.8) is 0 Å². The number of halogens is 5. The molecule has 0 radical (unpaired) electrons. The van der Waals surface area contributed by atoms with E-state index in [9.17, 15) is 31.5 Å². The smallest absolute Gasteiger partial charge is 0.416 e. The van der Waals surface area contributed by atoms with Gasteiger partial charge in [0.25, 0.3) is 18.2 Å². The summed E-state index contributed by atoms with van der Waals surface area (Å²) < 4.78 is 72.7. The van der Waals surface area contributed by atoms with Crippen LogP contribution in [-0.4, -0.2) is 26.6 Å². The van der Waals surface area contributed by atoms with Crippen molar-refractivity contribution in [3.8, 4) is 16.2 Å². The minimum Gasteiger partial charge on any atom is -0.471 e. The average molecular weight is 608 g/mol. The summed E-state index contributed by atoms with van der Waals surface area (Å²) in [6.07, 6.45) is -6.04. The van der Waals surface area contributed by atoms with Gasteiger partial charge in [0.2, 0.25) is 0 Å². The zero-order valence-electron chi connectivity index (χ0n) is 20.8. The molecule has 0 fully saturated rings. The number of benzene rings is 1. The first kappa shape index (κ1) is 28.2. The number of alkyl halides is 5. The van der Waals surface area contributed by atoms with Crippen molar-refractivity contribution in [3.05, 3.63) is 81.4 Å². The van der Waals surface area contributed by atoms with Crippen LogP contribution >= 0.6 is 22.7 Å². The van der Waals surface area contributed by atoms with Crippen LogP contribution in [0.3, 0.4) is 0 Å². The molecule has 0 aliphatic heterocycles. The Labute approximate surface area is 236 Å². The van der Waals surface area contributed by atoms with Crippen LogP contribution < -0.4 is 15.8 Å². The lowest BCUT2D eigenvalue weighted by Gasteiger charge is -2.10. The molecule has 0 saturated carbocycles. The lowest BCUT2D eigenvalue weighted by Crippen LogP contribution is -2.18. The predicted octanol–water partition coefficient (Wildman–Crippen LogP) is 6.87. The molecule has 1 aromatic carbocycles. The third kappa shape index (κ3) is 5.90. The lowest BCUT2D eigenvalue weighted by molar-refractivity contribution is -0.137. The van der Waals surface area contributed by atoms with Gasteiger partial charge < -0.3 is 15.8 Å². The molecule has 0 bridgehead atoms. The summed E-state index contributed by atoms with van der Waals surface area (Å²) >= 11 is 2.11. The normalized spacial score (nSPS) is 11.8. The number of nitrogens with one attached hydrogen (secondary N) is 1. The van der Waals surface area contributed by atoms with E-state index < -0.39 is 35.7 Å². The molecule has 4 heterocycles. The summed E-state index contributed by atoms with van der Waals surface area (Å²) in [5.41, 5.74) is 4.43. The number of hydrogen-bond acceptors (Lipinski definition) is 7. The molecular weight excluding hydrogens is 589 g/mol. The Hall–Kier alpha value is -4.37. The summed E-state index contributed by atoms with van der Waals surface area (Å²) in [6, 6.07) is 10.4. The quantitative estimate of drug-likeness (QED) is 0.187. The molecule has 212 valence electrons. The van der Waals surface area contributed by atoms with Gasteiger partial charge in [-0.15, -0.1) is 22.7 Å². The molecule has 8 nitrogen and oxygen atoms in total. The topological polar surface area (TPSA) is 112 Å². The van der Waals surface area contributed by atoms with Gasteiger partial charge in [-0.05, 0) is 49.4 Å². The molecule has 0 atom stereocenters. The summed E-state index contributed by atoms with van der Waals surface area (Å²) in [5, 5.41) is 6.97. The molecule has 0 saturated heterocycles. The fourth-order valence-corrected chi connectivity index (χ4v) is 5.83. The average Bonchev–Trinajstić information content (AvgIpc) is 3.65. The zero-order chi connectivity index (χ0) is 29.5. The van der Waals surface area contributed by atoms with Gasteiger partial charge in [0.15, 0.2) is 12.4 Å². The number of anilines is 1. The highest BCUT2D eigenvalue weighted by molar-refractivity contribution is 7.21. The Morgan fingerprint density at radius 2 is 1.90 bits per heavy atom. The molecule has 0 aliphatic rings. The van der Waals surface area contributed by atoms with Crippen LogP contribution in [0, 0.1) is 6.92 Å². The molecule has 15 heteroatoms. The fourth-order valence-electron chi connectivity index (χ4n) is 3.93. The number of rotatable bonds is 8. The molecule has 5 rings (SSSR count). The second-order valence-electron chi connectivity index (χ2n) is 8.65. The van der Waals surface area contributed by atoms with Crippen molar-refractivity contribution in [2.24, 2.45) is 5.73 Å². The van der Waals surface area contributed by atoms with Crippen molar-refractivity contribution in [2.45, 2.75) is 26.3 Å². The maximum Gasteiger partial charge on any atom is 0.416 e. The molecule has 0 spiro atoms. The highest BCUT2D eigenvalue weighted by atomic mass is 32.1. The largest absolute Gasteiger partial charge is 0.471 e. The van der Waals surface area contributed by atoms with Gasteiger partial charge in [0.1, 0.15) is 21.2 Å². The van der Waals surface area contributed by atoms with Crippen molar-refractivity contribution in [1.82, 2.24) is 14.8 Å². The van der Waals surface area contributed by atoms with Crippen LogP contribution in [0.15, 0.2) is 54.7 Å². The van der Waals surface area contributed by atoms with Gasteiger partial charge in [0.05, 0.1) is 11.3 Å². The highest BCUT2D eigenvalue weighted by Gasteiger charge is 2.30. The Bertz CT molecular complexity index is 1780. The second-order valence-corrected chi connectivity index (χ2v) is 10.9. The van der Waals surface area contributed by atoms with Crippen LogP contribution in [0.5, 0.6) is 5.75 Å². The number of ether oxygens (including phenoxy) is 1. The van der Waals surface area contributed by atoms with Crippen LogP contribution in [0.1, 0.15) is 42.7 Å². The fraction of sp³-hybridized carbons (Fsp3) is 0.154. The molecule has 3 N–H and O–H groups in total. The van der Waals surface area contributed by atoms with Crippen molar-refractivity contribution in [1.29, 1.82) is 0 Å². The zero-order valence-corrected chi connectivity index (χ0v) is 22.5. The van der Waals surface area contributed by atoms with E-state index in [1.165, 1.54) is 46.5 Å². The van der Waals surface area contributed by atoms with Crippen LogP contribution in [-0.2, 0) is 12.9 Å². The first-order chi connectivity index (χ1) is 19.4. The van der Waals surface area contributed by atoms with E-state index in [0.717, 1.165) is 28.3 Å². The highest BCUT2D eigenvalue weighted by Crippen LogP contribution is 2.44. The SMILES string of the molecule is Cc1ccc(-c2cc(C(F)F)nc3sc(C(N)=O)c(NC(=O)c4ccn(COc5cccc(C(F)(F)F)c5)n4)c23)s1. The number of nitrogens with zero attached hydrogens (tertiary/aromatic N) is 3. The van der Waals surface area contributed by atoms with Gasteiger partial charge in [0, 0.05) is 26.9 Å². The first-order valence-corrected chi connectivity index (χ1v) is 13.3. The van der Waals surface area contributed by atoms with E-state index >= 15 is 0 Å². The number of fused-ring (bicyclic) bond motifs is 1. The number of nitrogens with two attached hydrogens (primary N) is 1. The van der Waals surface area contributed by atoms with Gasteiger partial charge in [-0.2, -0.15) is 18.3 Å². The second kappa shape index (κ2) is 10.9. The summed E-state index contributed by atoms with van der Waals surface area (Å²) in [4.78, 5) is 31.0. The number of carbonyl (C=O) groups excluding carboxylic acids is 2. The maximum absolute atomic E-state index is 13.7. The van der Waals surface area contributed by atoms with E-state index in [0.29, 0.717) is 10.4 Å². The van der Waals surface area contributed by atoms with E-state index in [4.69, 9.17) is 10.5 Å². The molecule has 0 aliphatic carbocycles. The number of carbonyl (C=O) groups is 2. The Morgan fingerprint density at radius 1 is 1.12 bits per heavy atom. The third-order valence-corrected chi connectivity index (χ3v) is 7.90. The van der Waals surface area contributed by atoms with Crippen LogP contribution in [0.25, 0.3) is 20.7 Å². The Morgan fingerprint density at radius 3 is 2.56 bits per heavy atom. The Kier molecular flexibility index (Phi) is 7.48. The number of primary amides is 1. The van der Waals surface area contributed by atoms with E-state index in [2.05, 4.69) is 15.4 Å². The van der Waals surface area contributed by atoms with Gasteiger partial charge in [-0.3, -0.25) is 9.59 Å². The molecule has 41 heavy (non-hydrogen) atoms. The van der Waals surface area contributed by atoms with Crippen molar-refractivity contribution in [2.75, 3.05) is 5.32 Å². The maximum atomic E-state index is 13.7. The number of hydrogen-bond donors (Lipinski definition) is 2. The van der Waals surface area contributed by atoms with E-state index in [1.54, 1.807) is 6.07 Å². The van der Waals surface area contributed by atoms with Gasteiger partial charge in [-0.1, -0.05) is 6.07 Å². The third-order valence-electron chi connectivity index (χ3n) is 5.77. The number of amides is 2. The van der Waals surface area contributed by atoms with Gasteiger partial charge >= 0.3 is 6.18 Å². The molecule has 4 aromatic heterocycles. The molecule has 0 unspecified atom stereocenters. The minimum atomic E-state index is -4.54. The minimum absolute atomic E-state index is 0.00614. The standard InChI is InChI=1S/C26H18F5N5O3S2/c1-12-5-6-18(40-12)15-10-17(22(27)28)33-25-19(15)20(21(41-25)23(32)37)34-24(38)16-7-8-36(35-16)11-39-14-4-2-3-13(9-14)26(29,30)31/h2-10,22H,11H2,1H3,(H2,32,37)(H,34,38). The number of pyridine rings is 1. The van der Waals surface area contributed by atoms with Gasteiger partial charge in [-0.25, -0.2) is 18.4 Å². The summed E-state index contributed by atoms with van der Waals surface area (Å²) in [5.74, 6) is -1.70. The number of aromatic nitrogens is 3. The first-order valence-electron chi connectivity index (χ1n) is 11.7. The summed E-state index contributed by atoms with van der Waals surface area (Å²) in [6.45, 7) is 1.55. The lowest BCUT2D eigenvalue weighted by atomic mass is 10.1. The van der Waals surface area contributed by atoms with E-state index in [1.807, 2.05) is 13.0 Å². The summed E-state index contributed by atoms with van der Waals surface area (Å²) in [7, 11) is 0. The van der Waals surface area contributed by atoms with Crippen LogP contribution in [0.2, 0.25) is 0 Å². The number of aryl methyl sites for hydroxylation is 1. The molecular formula is C26H18F5N5O3S2. The number of thiophene rings is 2. The Balaban J connectivity index is 1.44. The van der Waals surface area contributed by atoms with E-state index in [-0.39, 0.29) is 39.0 Å². The predicted molar refractivity (Wildman–Crippen MR) is 143 cm³/mol. The molecule has 5 aromatic rings. The van der Waals surface area contributed by atoms with Crippen molar-refractivity contribution < 1.29 is 36.3 Å². The monoisotopic (exact) mass is 607 g/mol. The van der Waals surface area contributed by atoms with Crippen LogP contribution in [0.4, 0.5) is 27.6 Å². The molecule has 2 amide bonds.